The fourth-order valence-corrected chi connectivity index (χ4v) is 3.44. The number of carbonyl (C=O) groups excluding carboxylic acids is 1. The number of β-lactam (4-membered cyclic amide) rings is 1. The van der Waals surface area contributed by atoms with E-state index in [1.165, 1.54) is 5.01 Å². The average molecular weight is 416 g/mol. The number of hydrogen-bond acceptors (Lipinski definition) is 5. The number of amides is 1. The van der Waals surface area contributed by atoms with Crippen LogP contribution in [0.2, 0.25) is 0 Å². The molecule has 158 valence electrons. The molecule has 0 radical (unpaired) electrons. The monoisotopic (exact) mass is 416 g/mol. The molecule has 0 aromatic heterocycles. The quantitative estimate of drug-likeness (QED) is 0.408. The average Bonchev–Trinajstić information content (AvgIpc) is 2.83. The van der Waals surface area contributed by atoms with Gasteiger partial charge in [-0.25, -0.2) is 5.01 Å². The number of hydrazone groups is 1. The maximum atomic E-state index is 12.9. The smallest absolute Gasteiger partial charge is 0.275 e. The molecule has 3 aromatic carbocycles. The number of rotatable bonds is 8. The maximum Gasteiger partial charge on any atom is 0.275 e. The Morgan fingerprint density at radius 1 is 0.871 bits per heavy atom. The van der Waals surface area contributed by atoms with Gasteiger partial charge in [0.1, 0.15) is 17.5 Å². The van der Waals surface area contributed by atoms with Crippen LogP contribution in [0.25, 0.3) is 0 Å². The number of hydrogen-bond donors (Lipinski definition) is 0. The van der Waals surface area contributed by atoms with Gasteiger partial charge in [0.15, 0.2) is 6.10 Å². The van der Waals surface area contributed by atoms with Crippen LogP contribution in [-0.4, -0.2) is 37.5 Å². The first-order chi connectivity index (χ1) is 15.2. The predicted molar refractivity (Wildman–Crippen MR) is 118 cm³/mol. The Kier molecular flexibility index (Phi) is 6.29. The highest BCUT2D eigenvalue weighted by Crippen LogP contribution is 2.38. The number of nitrogens with zero attached hydrogens (tertiary/aromatic N) is 2. The van der Waals surface area contributed by atoms with Crippen molar-refractivity contribution in [2.75, 3.05) is 14.2 Å². The third kappa shape index (κ3) is 4.59. The molecule has 1 aliphatic rings. The van der Waals surface area contributed by atoms with E-state index in [9.17, 15) is 4.79 Å². The van der Waals surface area contributed by atoms with Gasteiger partial charge in [0.05, 0.1) is 27.0 Å². The summed E-state index contributed by atoms with van der Waals surface area (Å²) in [6, 6.07) is 24.6. The summed E-state index contributed by atoms with van der Waals surface area (Å²) in [5, 5.41) is 5.92. The molecule has 1 aliphatic heterocycles. The molecule has 0 spiro atoms. The third-order valence-electron chi connectivity index (χ3n) is 5.20. The van der Waals surface area contributed by atoms with Crippen LogP contribution >= 0.6 is 0 Å². The van der Waals surface area contributed by atoms with Crippen molar-refractivity contribution in [3.8, 4) is 11.5 Å². The van der Waals surface area contributed by atoms with Crippen molar-refractivity contribution < 1.29 is 19.0 Å². The van der Waals surface area contributed by atoms with E-state index in [1.54, 1.807) is 20.4 Å². The minimum atomic E-state index is -0.596. The molecule has 31 heavy (non-hydrogen) atoms. The van der Waals surface area contributed by atoms with Crippen molar-refractivity contribution in [2.45, 2.75) is 18.8 Å². The highest BCUT2D eigenvalue weighted by atomic mass is 16.5. The van der Waals surface area contributed by atoms with E-state index >= 15 is 0 Å². The fourth-order valence-electron chi connectivity index (χ4n) is 3.44. The van der Waals surface area contributed by atoms with E-state index in [0.29, 0.717) is 6.61 Å². The van der Waals surface area contributed by atoms with E-state index in [4.69, 9.17) is 14.2 Å². The Balaban J connectivity index is 1.53. The third-order valence-corrected chi connectivity index (χ3v) is 5.20. The Hall–Kier alpha value is -3.64. The lowest BCUT2D eigenvalue weighted by Gasteiger charge is -2.43. The van der Waals surface area contributed by atoms with Crippen LogP contribution in [0, 0.1) is 0 Å². The minimum Gasteiger partial charge on any atom is -0.497 e. The summed E-state index contributed by atoms with van der Waals surface area (Å²) in [4.78, 5) is 12.9. The molecule has 1 saturated heterocycles. The van der Waals surface area contributed by atoms with Crippen LogP contribution in [0.1, 0.15) is 22.7 Å². The summed E-state index contributed by atoms with van der Waals surface area (Å²) >= 11 is 0. The second-order valence-electron chi connectivity index (χ2n) is 7.14. The fraction of sp³-hybridized carbons (Fsp3) is 0.200. The first-order valence-corrected chi connectivity index (χ1v) is 10.00. The van der Waals surface area contributed by atoms with Crippen LogP contribution in [0.15, 0.2) is 84.0 Å². The van der Waals surface area contributed by atoms with Crippen molar-refractivity contribution in [3.05, 3.63) is 95.6 Å². The second-order valence-corrected chi connectivity index (χ2v) is 7.14. The topological polar surface area (TPSA) is 60.4 Å². The lowest BCUT2D eigenvalue weighted by Crippen LogP contribution is -2.57. The van der Waals surface area contributed by atoms with Gasteiger partial charge in [0.2, 0.25) is 0 Å². The highest BCUT2D eigenvalue weighted by molar-refractivity contribution is 5.90. The van der Waals surface area contributed by atoms with Crippen LogP contribution < -0.4 is 9.47 Å². The van der Waals surface area contributed by atoms with E-state index in [-0.39, 0.29) is 11.9 Å². The molecule has 3 aromatic rings. The zero-order valence-corrected chi connectivity index (χ0v) is 17.5. The van der Waals surface area contributed by atoms with Gasteiger partial charge in [-0.05, 0) is 53.1 Å². The van der Waals surface area contributed by atoms with Gasteiger partial charge < -0.3 is 14.2 Å². The van der Waals surface area contributed by atoms with Crippen molar-refractivity contribution in [2.24, 2.45) is 5.10 Å². The Morgan fingerprint density at radius 2 is 1.48 bits per heavy atom. The van der Waals surface area contributed by atoms with Crippen molar-refractivity contribution in [1.82, 2.24) is 5.01 Å². The molecule has 6 heteroatoms. The molecule has 0 unspecified atom stereocenters. The molecule has 2 atom stereocenters. The summed E-state index contributed by atoms with van der Waals surface area (Å²) in [5.74, 6) is 1.36. The molecule has 0 saturated carbocycles. The largest absolute Gasteiger partial charge is 0.497 e. The molecule has 0 N–H and O–H groups in total. The Morgan fingerprint density at radius 3 is 2.10 bits per heavy atom. The van der Waals surface area contributed by atoms with E-state index < -0.39 is 6.10 Å². The standard InChI is InChI=1S/C25H24N2O4/c1-29-21-12-8-18(9-13-21)16-26-27-23(20-10-14-22(30-2)15-11-20)24(25(27)28)31-17-19-6-4-3-5-7-19/h3-16,23-24H,17H2,1-2H3/b26-16+/t23-,24-/m0/s1. The molecular formula is C25H24N2O4. The van der Waals surface area contributed by atoms with Gasteiger partial charge in [-0.3, -0.25) is 4.79 Å². The predicted octanol–water partition coefficient (Wildman–Crippen LogP) is 4.21. The molecule has 1 fully saturated rings. The van der Waals surface area contributed by atoms with Gasteiger partial charge in [0.25, 0.3) is 5.91 Å². The minimum absolute atomic E-state index is 0.165. The molecule has 4 rings (SSSR count). The van der Waals surface area contributed by atoms with Gasteiger partial charge in [-0.15, -0.1) is 0 Å². The van der Waals surface area contributed by atoms with E-state index in [1.807, 2.05) is 78.9 Å². The molecular weight excluding hydrogens is 392 g/mol. The lowest BCUT2D eigenvalue weighted by molar-refractivity contribution is -0.176. The van der Waals surface area contributed by atoms with Crippen LogP contribution in [0.4, 0.5) is 0 Å². The van der Waals surface area contributed by atoms with Crippen molar-refractivity contribution in [3.63, 3.8) is 0 Å². The van der Waals surface area contributed by atoms with Gasteiger partial charge in [0, 0.05) is 0 Å². The first kappa shape index (κ1) is 20.6. The zero-order valence-electron chi connectivity index (χ0n) is 17.5. The lowest BCUT2D eigenvalue weighted by atomic mass is 9.92. The van der Waals surface area contributed by atoms with Gasteiger partial charge >= 0.3 is 0 Å². The molecule has 1 amide bonds. The normalized spacial score (nSPS) is 18.1. The number of ether oxygens (including phenoxy) is 3. The summed E-state index contributed by atoms with van der Waals surface area (Å²) in [6.45, 7) is 0.361. The Bertz CT molecular complexity index is 1030. The SMILES string of the molecule is COc1ccc(/C=N/N2C(=O)[C@@H](OCc3ccccc3)[C@@H]2c2ccc(OC)cc2)cc1. The number of methoxy groups -OCH3 is 2. The number of benzene rings is 3. The van der Waals surface area contributed by atoms with Gasteiger partial charge in [-0.1, -0.05) is 42.5 Å². The molecule has 0 bridgehead atoms. The van der Waals surface area contributed by atoms with Gasteiger partial charge in [-0.2, -0.15) is 5.10 Å². The molecule has 6 nitrogen and oxygen atoms in total. The van der Waals surface area contributed by atoms with Crippen molar-refractivity contribution in [1.29, 1.82) is 0 Å². The molecule has 0 aliphatic carbocycles. The summed E-state index contributed by atoms with van der Waals surface area (Å²) in [6.07, 6.45) is 1.07. The van der Waals surface area contributed by atoms with Crippen LogP contribution in [0.3, 0.4) is 0 Å². The summed E-state index contributed by atoms with van der Waals surface area (Å²) in [5.41, 5.74) is 2.82. The van der Waals surface area contributed by atoms with Crippen molar-refractivity contribution >= 4 is 12.1 Å². The Labute approximate surface area is 181 Å². The highest BCUT2D eigenvalue weighted by Gasteiger charge is 2.49. The van der Waals surface area contributed by atoms with E-state index in [2.05, 4.69) is 5.10 Å². The van der Waals surface area contributed by atoms with Crippen LogP contribution in [-0.2, 0) is 16.1 Å². The molecule has 1 heterocycles. The summed E-state index contributed by atoms with van der Waals surface area (Å²) < 4.78 is 16.4. The number of carbonyl (C=O) groups is 1. The second kappa shape index (κ2) is 9.45. The van der Waals surface area contributed by atoms with Crippen LogP contribution in [0.5, 0.6) is 11.5 Å². The first-order valence-electron chi connectivity index (χ1n) is 10.00. The zero-order chi connectivity index (χ0) is 21.6. The van der Waals surface area contributed by atoms with E-state index in [0.717, 1.165) is 28.2 Å². The maximum absolute atomic E-state index is 12.9. The summed E-state index contributed by atoms with van der Waals surface area (Å²) in [7, 11) is 3.25.